The summed E-state index contributed by atoms with van der Waals surface area (Å²) in [5, 5.41) is 4.28. The Balaban J connectivity index is 2.73. The van der Waals surface area contributed by atoms with Crippen molar-refractivity contribution in [3.63, 3.8) is 0 Å². The summed E-state index contributed by atoms with van der Waals surface area (Å²) in [6, 6.07) is 1.76. The molecule has 0 aromatic carbocycles. The molecule has 0 bridgehead atoms. The fraction of sp³-hybridized carbons (Fsp3) is 0.400. The fourth-order valence-electron chi connectivity index (χ4n) is 1.18. The number of carbonyl (C=O) groups excluding carboxylic acids is 2. The first-order chi connectivity index (χ1) is 7.58. The predicted molar refractivity (Wildman–Crippen MR) is 67.7 cm³/mol. The molecule has 16 heavy (non-hydrogen) atoms. The molecule has 88 valence electrons. The quantitative estimate of drug-likeness (QED) is 0.921. The van der Waals surface area contributed by atoms with E-state index in [0.29, 0.717) is 12.1 Å². The van der Waals surface area contributed by atoms with Crippen molar-refractivity contribution in [1.82, 2.24) is 10.2 Å². The molecule has 0 aliphatic carbocycles. The standard InChI is InChI=1S/C10H13BrN2O2S/c1-3-13(5-9(14)12-2)10(15)7-4-8(11)16-6-7/h4,6H,3,5H2,1-2H3,(H,12,14). The SMILES string of the molecule is CCN(CC(=O)NC)C(=O)c1csc(Br)c1. The number of nitrogens with zero attached hydrogens (tertiary/aromatic N) is 1. The lowest BCUT2D eigenvalue weighted by Crippen LogP contribution is -2.39. The summed E-state index contributed by atoms with van der Waals surface area (Å²) in [5.74, 6) is -0.280. The largest absolute Gasteiger partial charge is 0.358 e. The molecule has 0 saturated heterocycles. The van der Waals surface area contributed by atoms with Crippen LogP contribution in [0.15, 0.2) is 15.2 Å². The number of thiophene rings is 1. The van der Waals surface area contributed by atoms with Crippen LogP contribution in [-0.2, 0) is 4.79 Å². The van der Waals surface area contributed by atoms with E-state index in [1.54, 1.807) is 18.5 Å². The molecule has 0 saturated carbocycles. The number of carbonyl (C=O) groups is 2. The van der Waals surface area contributed by atoms with E-state index >= 15 is 0 Å². The van der Waals surface area contributed by atoms with Crippen LogP contribution >= 0.6 is 27.3 Å². The van der Waals surface area contributed by atoms with Gasteiger partial charge >= 0.3 is 0 Å². The fourth-order valence-corrected chi connectivity index (χ4v) is 2.31. The van der Waals surface area contributed by atoms with E-state index in [1.807, 2.05) is 6.92 Å². The molecule has 0 radical (unpaired) electrons. The van der Waals surface area contributed by atoms with Crippen LogP contribution in [0.3, 0.4) is 0 Å². The van der Waals surface area contributed by atoms with Crippen LogP contribution in [0.1, 0.15) is 17.3 Å². The van der Waals surface area contributed by atoms with Gasteiger partial charge in [-0.05, 0) is 28.9 Å². The normalized spacial score (nSPS) is 9.94. The molecular weight excluding hydrogens is 292 g/mol. The molecule has 6 heteroatoms. The van der Waals surface area contributed by atoms with Crippen molar-refractivity contribution in [2.45, 2.75) is 6.92 Å². The van der Waals surface area contributed by atoms with Crippen LogP contribution in [0.2, 0.25) is 0 Å². The molecule has 1 rings (SSSR count). The third-order valence-electron chi connectivity index (χ3n) is 2.10. The van der Waals surface area contributed by atoms with Crippen molar-refractivity contribution in [2.75, 3.05) is 20.1 Å². The van der Waals surface area contributed by atoms with Crippen molar-refractivity contribution in [3.8, 4) is 0 Å². The van der Waals surface area contributed by atoms with Gasteiger partial charge in [-0.15, -0.1) is 11.3 Å². The second-order valence-electron chi connectivity index (χ2n) is 3.13. The Labute approximate surface area is 107 Å². The average Bonchev–Trinajstić information content (AvgIpc) is 2.71. The maximum absolute atomic E-state index is 12.0. The molecule has 4 nitrogen and oxygen atoms in total. The first-order valence-electron chi connectivity index (χ1n) is 4.82. The van der Waals surface area contributed by atoms with E-state index in [0.717, 1.165) is 3.79 Å². The number of nitrogens with one attached hydrogen (secondary N) is 1. The lowest BCUT2D eigenvalue weighted by Gasteiger charge is -2.19. The molecule has 1 aromatic rings. The van der Waals surface area contributed by atoms with E-state index in [-0.39, 0.29) is 18.4 Å². The molecule has 0 aliphatic heterocycles. The summed E-state index contributed by atoms with van der Waals surface area (Å²) in [4.78, 5) is 24.7. The van der Waals surface area contributed by atoms with Gasteiger partial charge in [0.25, 0.3) is 5.91 Å². The van der Waals surface area contributed by atoms with Crippen LogP contribution in [0.4, 0.5) is 0 Å². The monoisotopic (exact) mass is 304 g/mol. The minimum absolute atomic E-state index is 0.0965. The predicted octanol–water partition coefficient (Wildman–Crippen LogP) is 1.72. The Kier molecular flexibility index (Phi) is 4.95. The lowest BCUT2D eigenvalue weighted by molar-refractivity contribution is -0.121. The van der Waals surface area contributed by atoms with E-state index in [4.69, 9.17) is 0 Å². The van der Waals surface area contributed by atoms with Gasteiger partial charge in [-0.2, -0.15) is 0 Å². The molecule has 0 aliphatic rings. The molecule has 0 atom stereocenters. The summed E-state index contributed by atoms with van der Waals surface area (Å²) in [7, 11) is 1.56. The van der Waals surface area contributed by atoms with Crippen LogP contribution in [0.25, 0.3) is 0 Å². The number of hydrogen-bond acceptors (Lipinski definition) is 3. The maximum atomic E-state index is 12.0. The van der Waals surface area contributed by atoms with Crippen LogP contribution in [-0.4, -0.2) is 36.9 Å². The molecule has 0 fully saturated rings. The lowest BCUT2D eigenvalue weighted by atomic mass is 10.3. The summed E-state index contributed by atoms with van der Waals surface area (Å²) in [6.45, 7) is 2.46. The topological polar surface area (TPSA) is 49.4 Å². The summed E-state index contributed by atoms with van der Waals surface area (Å²) in [6.07, 6.45) is 0. The van der Waals surface area contributed by atoms with Gasteiger partial charge in [0, 0.05) is 19.0 Å². The molecule has 1 heterocycles. The van der Waals surface area contributed by atoms with Crippen molar-refractivity contribution in [1.29, 1.82) is 0 Å². The first-order valence-corrected chi connectivity index (χ1v) is 6.49. The zero-order chi connectivity index (χ0) is 12.1. The molecule has 0 spiro atoms. The summed E-state index contributed by atoms with van der Waals surface area (Å²) >= 11 is 4.76. The number of amides is 2. The highest BCUT2D eigenvalue weighted by atomic mass is 79.9. The Hall–Kier alpha value is -0.880. The van der Waals surface area contributed by atoms with Crippen LogP contribution in [0, 0.1) is 0 Å². The molecule has 0 unspecified atom stereocenters. The van der Waals surface area contributed by atoms with E-state index < -0.39 is 0 Å². The summed E-state index contributed by atoms with van der Waals surface area (Å²) < 4.78 is 0.909. The number of hydrogen-bond donors (Lipinski definition) is 1. The van der Waals surface area contributed by atoms with Crippen molar-refractivity contribution in [2.24, 2.45) is 0 Å². The Bertz CT molecular complexity index is 392. The van der Waals surface area contributed by atoms with Gasteiger partial charge < -0.3 is 10.2 Å². The Morgan fingerprint density at radius 3 is 2.69 bits per heavy atom. The van der Waals surface area contributed by atoms with Gasteiger partial charge in [0.1, 0.15) is 0 Å². The minimum atomic E-state index is -0.163. The Morgan fingerprint density at radius 2 is 2.25 bits per heavy atom. The smallest absolute Gasteiger partial charge is 0.255 e. The maximum Gasteiger partial charge on any atom is 0.255 e. The van der Waals surface area contributed by atoms with Gasteiger partial charge in [0.15, 0.2) is 0 Å². The molecule has 2 amide bonds. The zero-order valence-corrected chi connectivity index (χ0v) is 11.5. The summed E-state index contributed by atoms with van der Waals surface area (Å²) in [5.41, 5.74) is 0.614. The van der Waals surface area contributed by atoms with Crippen LogP contribution < -0.4 is 5.32 Å². The first kappa shape index (κ1) is 13.2. The molecule has 1 aromatic heterocycles. The van der Waals surface area contributed by atoms with Gasteiger partial charge in [-0.25, -0.2) is 0 Å². The van der Waals surface area contributed by atoms with Crippen molar-refractivity contribution < 1.29 is 9.59 Å². The van der Waals surface area contributed by atoms with E-state index in [1.165, 1.54) is 16.2 Å². The Morgan fingerprint density at radius 1 is 1.56 bits per heavy atom. The van der Waals surface area contributed by atoms with Gasteiger partial charge in [-0.1, -0.05) is 0 Å². The number of likely N-dealkylation sites (N-methyl/N-ethyl adjacent to an activating group) is 2. The van der Waals surface area contributed by atoms with Gasteiger partial charge in [-0.3, -0.25) is 9.59 Å². The van der Waals surface area contributed by atoms with Crippen molar-refractivity contribution >= 4 is 39.1 Å². The minimum Gasteiger partial charge on any atom is -0.358 e. The number of rotatable bonds is 4. The van der Waals surface area contributed by atoms with Gasteiger partial charge in [0.2, 0.25) is 5.91 Å². The van der Waals surface area contributed by atoms with E-state index in [2.05, 4.69) is 21.2 Å². The van der Waals surface area contributed by atoms with Crippen molar-refractivity contribution in [3.05, 3.63) is 20.8 Å². The molecule has 1 N–H and O–H groups in total. The van der Waals surface area contributed by atoms with Gasteiger partial charge in [0.05, 0.1) is 15.9 Å². The second-order valence-corrected chi connectivity index (χ2v) is 5.42. The third kappa shape index (κ3) is 3.31. The zero-order valence-electron chi connectivity index (χ0n) is 9.12. The highest BCUT2D eigenvalue weighted by Gasteiger charge is 2.17. The highest BCUT2D eigenvalue weighted by Crippen LogP contribution is 2.21. The third-order valence-corrected chi connectivity index (χ3v) is 3.60. The molecular formula is C10H13BrN2O2S. The second kappa shape index (κ2) is 6.00. The van der Waals surface area contributed by atoms with Crippen LogP contribution in [0.5, 0.6) is 0 Å². The number of halogens is 1. The highest BCUT2D eigenvalue weighted by molar-refractivity contribution is 9.11. The van der Waals surface area contributed by atoms with E-state index in [9.17, 15) is 9.59 Å². The average molecular weight is 305 g/mol.